The molecule has 4 N–H and O–H groups in total. The molecule has 0 radical (unpaired) electrons. The average Bonchev–Trinajstić information content (AvgIpc) is 2.37. The van der Waals surface area contributed by atoms with E-state index >= 15 is 0 Å². The monoisotopic (exact) mass is 420 g/mol. The van der Waals surface area contributed by atoms with E-state index in [0.29, 0.717) is 0 Å². The van der Waals surface area contributed by atoms with Gasteiger partial charge in [-0.3, -0.25) is 0 Å². The maximum atomic E-state index is 11.3. The minimum Gasteiger partial charge on any atom is -0.744 e. The Kier molecular flexibility index (Phi) is 9.81. The van der Waals surface area contributed by atoms with Gasteiger partial charge in [0.15, 0.2) is 0 Å². The molecule has 0 spiro atoms. The van der Waals surface area contributed by atoms with Gasteiger partial charge in [-0.25, -0.2) is 16.8 Å². The molecule has 0 aliphatic carbocycles. The zero-order valence-electron chi connectivity index (χ0n) is 12.9. The van der Waals surface area contributed by atoms with Gasteiger partial charge in [0.25, 0.3) is 0 Å². The SMILES string of the molecule is Nc1ccc(-c2ccc(N)cc2S(=O)(=O)[O-])c(S(=O)(=O)[O-])c1.[K+].[K+]. The fourth-order valence-corrected chi connectivity index (χ4v) is 3.39. The van der Waals surface area contributed by atoms with Crippen LogP contribution in [-0.4, -0.2) is 25.9 Å². The Labute approximate surface area is 224 Å². The molecular weight excluding hydrogens is 410 g/mol. The molecular formula is C12H10K2N2O6S2. The maximum Gasteiger partial charge on any atom is 1.00 e. The molecule has 0 heterocycles. The minimum atomic E-state index is -4.93. The van der Waals surface area contributed by atoms with Crippen molar-refractivity contribution >= 4 is 31.6 Å². The molecule has 118 valence electrons. The van der Waals surface area contributed by atoms with Gasteiger partial charge in [0.05, 0.1) is 9.79 Å². The molecule has 0 saturated heterocycles. The number of benzene rings is 2. The molecule has 2 rings (SSSR count). The Morgan fingerprint density at radius 1 is 0.667 bits per heavy atom. The number of nitrogen functional groups attached to an aromatic ring is 2. The van der Waals surface area contributed by atoms with E-state index in [4.69, 9.17) is 11.5 Å². The Morgan fingerprint density at radius 3 is 1.21 bits per heavy atom. The van der Waals surface area contributed by atoms with Crippen LogP contribution in [0.4, 0.5) is 11.4 Å². The van der Waals surface area contributed by atoms with Crippen LogP contribution in [-0.2, 0) is 20.2 Å². The van der Waals surface area contributed by atoms with Crippen molar-refractivity contribution in [3.05, 3.63) is 36.4 Å². The molecule has 0 fully saturated rings. The molecule has 0 aliphatic rings. The fraction of sp³-hybridized carbons (Fsp3) is 0. The number of anilines is 2. The third-order valence-electron chi connectivity index (χ3n) is 2.84. The Hall–Kier alpha value is 1.13. The van der Waals surface area contributed by atoms with Gasteiger partial charge in [-0.1, -0.05) is 12.1 Å². The van der Waals surface area contributed by atoms with Crippen LogP contribution in [0.2, 0.25) is 0 Å². The summed E-state index contributed by atoms with van der Waals surface area (Å²) in [6.07, 6.45) is 0. The molecule has 24 heavy (non-hydrogen) atoms. The first-order valence-electron chi connectivity index (χ1n) is 5.71. The Bertz CT molecular complexity index is 882. The van der Waals surface area contributed by atoms with Crippen LogP contribution in [0.1, 0.15) is 0 Å². The summed E-state index contributed by atoms with van der Waals surface area (Å²) in [5.41, 5.74) is 10.4. The van der Waals surface area contributed by atoms with Gasteiger partial charge in [-0.05, 0) is 24.3 Å². The molecule has 0 bridgehead atoms. The average molecular weight is 421 g/mol. The van der Waals surface area contributed by atoms with Crippen molar-refractivity contribution in [1.82, 2.24) is 0 Å². The summed E-state index contributed by atoms with van der Waals surface area (Å²) in [6.45, 7) is 0. The van der Waals surface area contributed by atoms with Gasteiger partial charge in [-0.15, -0.1) is 0 Å². The number of hydrogen-bond acceptors (Lipinski definition) is 8. The normalized spacial score (nSPS) is 11.2. The van der Waals surface area contributed by atoms with Crippen molar-refractivity contribution in [2.24, 2.45) is 0 Å². The van der Waals surface area contributed by atoms with Gasteiger partial charge in [-0.2, -0.15) is 0 Å². The van der Waals surface area contributed by atoms with E-state index in [9.17, 15) is 25.9 Å². The molecule has 0 aliphatic heterocycles. The second kappa shape index (κ2) is 9.37. The fourth-order valence-electron chi connectivity index (χ4n) is 1.94. The zero-order valence-corrected chi connectivity index (χ0v) is 20.8. The van der Waals surface area contributed by atoms with Crippen LogP contribution in [0.25, 0.3) is 11.1 Å². The van der Waals surface area contributed by atoms with Crippen LogP contribution in [0.5, 0.6) is 0 Å². The molecule has 0 unspecified atom stereocenters. The van der Waals surface area contributed by atoms with Crippen molar-refractivity contribution in [3.8, 4) is 11.1 Å². The Morgan fingerprint density at radius 2 is 0.958 bits per heavy atom. The number of rotatable bonds is 3. The van der Waals surface area contributed by atoms with Crippen LogP contribution < -0.4 is 114 Å². The molecule has 12 heteroatoms. The summed E-state index contributed by atoms with van der Waals surface area (Å²) >= 11 is 0. The predicted octanol–water partition coefficient (Wildman–Crippen LogP) is -5.67. The summed E-state index contributed by atoms with van der Waals surface area (Å²) in [7, 11) is -9.87. The number of nitrogens with two attached hydrogens (primary N) is 2. The molecule has 0 atom stereocenters. The quantitative estimate of drug-likeness (QED) is 0.281. The van der Waals surface area contributed by atoms with Gasteiger partial charge < -0.3 is 20.6 Å². The Balaban J connectivity index is 0.00000264. The van der Waals surface area contributed by atoms with Crippen LogP contribution in [0.3, 0.4) is 0 Å². The standard InChI is InChI=1S/C12H12N2O6S2.2K/c13-7-1-3-9(11(5-7)21(15,16)17)10-4-2-8(14)6-12(10)22(18,19)20;;/h1-6H,13-14H2,(H,15,16,17)(H,18,19,20);;/q;2*+1/p-2. The van der Waals surface area contributed by atoms with Crippen molar-refractivity contribution in [3.63, 3.8) is 0 Å². The van der Waals surface area contributed by atoms with Crippen LogP contribution >= 0.6 is 0 Å². The first-order valence-corrected chi connectivity index (χ1v) is 8.53. The van der Waals surface area contributed by atoms with Crippen LogP contribution in [0.15, 0.2) is 46.2 Å². The molecule has 0 aromatic heterocycles. The smallest absolute Gasteiger partial charge is 0.744 e. The maximum absolute atomic E-state index is 11.3. The topological polar surface area (TPSA) is 166 Å². The summed E-state index contributed by atoms with van der Waals surface area (Å²) in [6, 6.07) is 6.66. The second-order valence-corrected chi connectivity index (χ2v) is 7.12. The summed E-state index contributed by atoms with van der Waals surface area (Å²) < 4.78 is 68.1. The van der Waals surface area contributed by atoms with Crippen molar-refractivity contribution in [2.75, 3.05) is 11.5 Å². The zero-order chi connectivity index (χ0) is 16.7. The van der Waals surface area contributed by atoms with E-state index in [1.807, 2.05) is 0 Å². The van der Waals surface area contributed by atoms with E-state index < -0.39 is 30.0 Å². The molecule has 0 saturated carbocycles. The summed E-state index contributed by atoms with van der Waals surface area (Å²) in [4.78, 5) is -1.44. The van der Waals surface area contributed by atoms with Gasteiger partial charge in [0, 0.05) is 22.5 Å². The van der Waals surface area contributed by atoms with Crippen LogP contribution in [0, 0.1) is 0 Å². The van der Waals surface area contributed by atoms with Crippen molar-refractivity contribution < 1.29 is 129 Å². The summed E-state index contributed by atoms with van der Waals surface area (Å²) in [5, 5.41) is 0. The minimum absolute atomic E-state index is 0. The van der Waals surface area contributed by atoms with Crippen molar-refractivity contribution in [2.45, 2.75) is 9.79 Å². The van der Waals surface area contributed by atoms with E-state index in [1.165, 1.54) is 12.1 Å². The van der Waals surface area contributed by atoms with Gasteiger partial charge in [0.1, 0.15) is 20.2 Å². The molecule has 2 aromatic carbocycles. The first-order chi connectivity index (χ1) is 10.00. The van der Waals surface area contributed by atoms with Crippen molar-refractivity contribution in [1.29, 1.82) is 0 Å². The summed E-state index contributed by atoms with van der Waals surface area (Å²) in [5.74, 6) is 0. The molecule has 0 amide bonds. The molecule has 8 nitrogen and oxygen atoms in total. The van der Waals surface area contributed by atoms with Gasteiger partial charge in [0.2, 0.25) is 0 Å². The largest absolute Gasteiger partial charge is 1.00 e. The van der Waals surface area contributed by atoms with E-state index in [1.54, 1.807) is 0 Å². The third kappa shape index (κ3) is 6.09. The van der Waals surface area contributed by atoms with E-state index in [0.717, 1.165) is 24.3 Å². The van der Waals surface area contributed by atoms with E-state index in [-0.39, 0.29) is 125 Å². The number of hydrogen-bond donors (Lipinski definition) is 2. The second-order valence-electron chi connectivity index (χ2n) is 4.42. The first kappa shape index (κ1) is 25.1. The molecule has 2 aromatic rings. The predicted molar refractivity (Wildman–Crippen MR) is 76.6 cm³/mol. The van der Waals surface area contributed by atoms with E-state index in [2.05, 4.69) is 0 Å². The third-order valence-corrected chi connectivity index (χ3v) is 4.59. The van der Waals surface area contributed by atoms with Gasteiger partial charge >= 0.3 is 103 Å².